The van der Waals surface area contributed by atoms with E-state index in [-0.39, 0.29) is 0 Å². The van der Waals surface area contributed by atoms with Crippen molar-refractivity contribution in [1.82, 2.24) is 0 Å². The molecule has 2 aromatic rings. The molecule has 0 saturated carbocycles. The Bertz CT molecular complexity index is 1050. The van der Waals surface area contributed by atoms with E-state index >= 15 is 0 Å². The Morgan fingerprint density at radius 3 is 2.36 bits per heavy atom. The lowest BCUT2D eigenvalue weighted by atomic mass is 10.1. The number of methoxy groups -OCH3 is 1. The van der Waals surface area contributed by atoms with Gasteiger partial charge in [0.15, 0.2) is 0 Å². The molecule has 9 nitrogen and oxygen atoms in total. The van der Waals surface area contributed by atoms with Crippen molar-refractivity contribution in [2.24, 2.45) is 5.14 Å². The van der Waals surface area contributed by atoms with E-state index in [1.165, 1.54) is 0 Å². The number of nitro groups is 1. The topological polar surface area (TPSA) is 139 Å². The first-order valence-electron chi connectivity index (χ1n) is 7.13. The molecule has 0 unspecified atom stereocenters. The van der Waals surface area contributed by atoms with Crippen LogP contribution in [0.2, 0.25) is 0 Å². The van der Waals surface area contributed by atoms with Crippen LogP contribution in [0.5, 0.6) is 11.5 Å². The molecule has 2 rings (SSSR count). The zero-order valence-electron chi connectivity index (χ0n) is 13.9. The molecule has 0 atom stereocenters. The van der Waals surface area contributed by atoms with Gasteiger partial charge in [-0.25, -0.2) is 18.4 Å². The summed E-state index contributed by atoms with van der Waals surface area (Å²) in [5, 5.41) is 16.3. The van der Waals surface area contributed by atoms with E-state index in [0.29, 0.717) is 18.2 Å². The van der Waals surface area contributed by atoms with E-state index < -0.39 is 60.3 Å². The van der Waals surface area contributed by atoms with E-state index in [1.807, 2.05) is 0 Å². The predicted molar refractivity (Wildman–Crippen MR) is 87.3 cm³/mol. The molecule has 2 N–H and O–H groups in total. The number of sulfonamides is 1. The van der Waals surface area contributed by atoms with Gasteiger partial charge in [-0.3, -0.25) is 10.1 Å². The molecule has 0 aromatic heterocycles. The van der Waals surface area contributed by atoms with Gasteiger partial charge in [0, 0.05) is 6.07 Å². The lowest BCUT2D eigenvalue weighted by Crippen LogP contribution is -2.15. The predicted octanol–water partition coefficient (Wildman–Crippen LogP) is 2.84. The number of nitrogens with zero attached hydrogens (tertiary/aromatic N) is 1. The number of esters is 1. The van der Waals surface area contributed by atoms with Crippen molar-refractivity contribution in [2.45, 2.75) is 11.1 Å². The fraction of sp³-hybridized carbons (Fsp3) is 0.133. The number of hydrogen-bond acceptors (Lipinski definition) is 7. The van der Waals surface area contributed by atoms with Crippen molar-refractivity contribution >= 4 is 21.7 Å². The smallest absolute Gasteiger partial charge is 0.416 e. The standard InChI is InChI=1S/C15H11F3N2O7S/c1-26-14(21)11-6-10(28(19,24)25)7-12(20(22)23)13(11)27-9-4-2-3-8(5-9)15(16,17)18/h2-7H,1H3,(H2,19,24,25). The zero-order valence-corrected chi connectivity index (χ0v) is 14.7. The summed E-state index contributed by atoms with van der Waals surface area (Å²) in [6.07, 6.45) is -4.71. The van der Waals surface area contributed by atoms with Crippen LogP contribution in [0.25, 0.3) is 0 Å². The summed E-state index contributed by atoms with van der Waals surface area (Å²) in [6.45, 7) is 0. The summed E-state index contributed by atoms with van der Waals surface area (Å²) in [4.78, 5) is 21.4. The maximum Gasteiger partial charge on any atom is 0.416 e. The lowest BCUT2D eigenvalue weighted by Gasteiger charge is -2.13. The van der Waals surface area contributed by atoms with Crippen LogP contribution in [0.4, 0.5) is 18.9 Å². The Morgan fingerprint density at radius 1 is 1.21 bits per heavy atom. The number of rotatable bonds is 5. The summed E-state index contributed by atoms with van der Waals surface area (Å²) in [5.74, 6) is -2.51. The fourth-order valence-corrected chi connectivity index (χ4v) is 2.67. The molecule has 0 fully saturated rings. The molecule has 13 heteroatoms. The number of benzene rings is 2. The van der Waals surface area contributed by atoms with Crippen LogP contribution < -0.4 is 9.88 Å². The zero-order chi connectivity index (χ0) is 21.3. The van der Waals surface area contributed by atoms with Gasteiger partial charge >= 0.3 is 17.8 Å². The van der Waals surface area contributed by atoms with Gasteiger partial charge < -0.3 is 9.47 Å². The van der Waals surface area contributed by atoms with Crippen LogP contribution in [-0.2, 0) is 20.9 Å². The minimum atomic E-state index is -4.71. The normalized spacial score (nSPS) is 11.8. The van der Waals surface area contributed by atoms with Crippen molar-refractivity contribution in [2.75, 3.05) is 7.11 Å². The van der Waals surface area contributed by atoms with E-state index in [9.17, 15) is 36.5 Å². The first-order chi connectivity index (χ1) is 12.8. The Hall–Kier alpha value is -3.19. The highest BCUT2D eigenvalue weighted by atomic mass is 32.2. The number of alkyl halides is 3. The van der Waals surface area contributed by atoms with Gasteiger partial charge in [0.2, 0.25) is 15.8 Å². The SMILES string of the molecule is COC(=O)c1cc(S(N)(=O)=O)cc([N+](=O)[O-])c1Oc1cccc(C(F)(F)F)c1. The number of carbonyl (C=O) groups excluding carboxylic acids is 1. The Labute approximate surface area is 155 Å². The van der Waals surface area contributed by atoms with Crippen molar-refractivity contribution in [3.63, 3.8) is 0 Å². The summed E-state index contributed by atoms with van der Waals surface area (Å²) >= 11 is 0. The van der Waals surface area contributed by atoms with Crippen molar-refractivity contribution in [3.05, 3.63) is 57.6 Å². The van der Waals surface area contributed by atoms with Crippen molar-refractivity contribution < 1.29 is 40.8 Å². The Balaban J connectivity index is 2.72. The third-order valence-electron chi connectivity index (χ3n) is 3.35. The monoisotopic (exact) mass is 420 g/mol. The fourth-order valence-electron chi connectivity index (χ4n) is 2.11. The summed E-state index contributed by atoms with van der Waals surface area (Å²) < 4.78 is 71.2. The molecule has 0 bridgehead atoms. The van der Waals surface area contributed by atoms with E-state index in [2.05, 4.69) is 4.74 Å². The molecular weight excluding hydrogens is 409 g/mol. The number of nitro benzene ring substituents is 1. The summed E-state index contributed by atoms with van der Waals surface area (Å²) in [5.41, 5.74) is -2.82. The van der Waals surface area contributed by atoms with Gasteiger partial charge in [0.05, 0.1) is 22.5 Å². The molecule has 0 amide bonds. The van der Waals surface area contributed by atoms with Gasteiger partial charge in [0.1, 0.15) is 11.3 Å². The molecule has 0 radical (unpaired) electrons. The van der Waals surface area contributed by atoms with E-state index in [4.69, 9.17) is 9.88 Å². The second-order valence-electron chi connectivity index (χ2n) is 5.24. The number of halogens is 3. The highest BCUT2D eigenvalue weighted by Crippen LogP contribution is 2.39. The van der Waals surface area contributed by atoms with Crippen LogP contribution in [0.15, 0.2) is 41.3 Å². The van der Waals surface area contributed by atoms with Crippen LogP contribution in [0.3, 0.4) is 0 Å². The molecule has 0 aliphatic heterocycles. The summed E-state index contributed by atoms with van der Waals surface area (Å²) in [6, 6.07) is 4.53. The average molecular weight is 420 g/mol. The summed E-state index contributed by atoms with van der Waals surface area (Å²) in [7, 11) is -3.55. The molecule has 2 aromatic carbocycles. The number of ether oxygens (including phenoxy) is 2. The number of hydrogen-bond donors (Lipinski definition) is 1. The van der Waals surface area contributed by atoms with E-state index in [1.54, 1.807) is 0 Å². The molecule has 0 aliphatic rings. The molecule has 0 aliphatic carbocycles. The van der Waals surface area contributed by atoms with Gasteiger partial charge in [0.25, 0.3) is 0 Å². The van der Waals surface area contributed by atoms with Crippen LogP contribution >= 0.6 is 0 Å². The second-order valence-corrected chi connectivity index (χ2v) is 6.80. The average Bonchev–Trinajstić information content (AvgIpc) is 2.59. The van der Waals surface area contributed by atoms with Crippen LogP contribution in [0, 0.1) is 10.1 Å². The maximum atomic E-state index is 12.8. The van der Waals surface area contributed by atoms with Crippen molar-refractivity contribution in [3.8, 4) is 11.5 Å². The number of primary sulfonamides is 1. The first-order valence-corrected chi connectivity index (χ1v) is 8.68. The molecule has 150 valence electrons. The van der Waals surface area contributed by atoms with Crippen LogP contribution in [0.1, 0.15) is 15.9 Å². The van der Waals surface area contributed by atoms with Crippen molar-refractivity contribution in [1.29, 1.82) is 0 Å². The van der Waals surface area contributed by atoms with Gasteiger partial charge in [-0.2, -0.15) is 13.2 Å². The molecule has 0 heterocycles. The highest BCUT2D eigenvalue weighted by Gasteiger charge is 2.32. The number of nitrogens with two attached hydrogens (primary N) is 1. The minimum absolute atomic E-state index is 0.480. The molecule has 28 heavy (non-hydrogen) atoms. The number of carbonyl (C=O) groups is 1. The largest absolute Gasteiger partial charge is 0.465 e. The van der Waals surface area contributed by atoms with Crippen LogP contribution in [-0.4, -0.2) is 26.4 Å². The Morgan fingerprint density at radius 2 is 1.86 bits per heavy atom. The minimum Gasteiger partial charge on any atom is -0.465 e. The van der Waals surface area contributed by atoms with Gasteiger partial charge in [-0.15, -0.1) is 0 Å². The third-order valence-corrected chi connectivity index (χ3v) is 4.25. The first kappa shape index (κ1) is 21.1. The lowest BCUT2D eigenvalue weighted by molar-refractivity contribution is -0.385. The second kappa shape index (κ2) is 7.44. The Kier molecular flexibility index (Phi) is 5.61. The van der Waals surface area contributed by atoms with E-state index in [0.717, 1.165) is 25.3 Å². The highest BCUT2D eigenvalue weighted by molar-refractivity contribution is 7.89. The third kappa shape index (κ3) is 4.55. The molecule has 0 saturated heterocycles. The van der Waals surface area contributed by atoms with Gasteiger partial charge in [-0.05, 0) is 24.3 Å². The quantitative estimate of drug-likeness (QED) is 0.446. The molecule has 0 spiro atoms. The maximum absolute atomic E-state index is 12.8. The molecular formula is C15H11F3N2O7S. The van der Waals surface area contributed by atoms with Gasteiger partial charge in [-0.1, -0.05) is 6.07 Å².